The van der Waals surface area contributed by atoms with Crippen molar-refractivity contribution in [2.45, 2.75) is 13.0 Å². The van der Waals surface area contributed by atoms with Gasteiger partial charge < -0.3 is 14.6 Å². The number of carbonyl (C=O) groups is 1. The Balaban J connectivity index is 1.32. The minimum Gasteiger partial charge on any atom is -0.497 e. The van der Waals surface area contributed by atoms with Gasteiger partial charge in [0.05, 0.1) is 24.5 Å². The number of pyridine rings is 1. The SMILES string of the molecule is COc1ccc2ncn(CC(=O)NCCc3nc(-c4cccnc4)n[nH]3)c2c1. The molecular formula is C19H19N7O2. The van der Waals surface area contributed by atoms with E-state index >= 15 is 0 Å². The second-order valence-corrected chi connectivity index (χ2v) is 6.17. The van der Waals surface area contributed by atoms with Crippen LogP contribution in [0.15, 0.2) is 49.1 Å². The summed E-state index contributed by atoms with van der Waals surface area (Å²) in [6.07, 6.45) is 5.61. The normalized spacial score (nSPS) is 10.9. The molecule has 142 valence electrons. The van der Waals surface area contributed by atoms with Crippen LogP contribution in [0, 0.1) is 0 Å². The van der Waals surface area contributed by atoms with Crippen molar-refractivity contribution in [3.05, 3.63) is 54.9 Å². The maximum atomic E-state index is 12.3. The van der Waals surface area contributed by atoms with Crippen LogP contribution in [0.4, 0.5) is 0 Å². The molecule has 0 spiro atoms. The lowest BCUT2D eigenvalue weighted by molar-refractivity contribution is -0.121. The molecule has 9 nitrogen and oxygen atoms in total. The number of imidazole rings is 1. The highest BCUT2D eigenvalue weighted by molar-refractivity contribution is 5.81. The molecule has 0 atom stereocenters. The third-order valence-electron chi connectivity index (χ3n) is 4.28. The summed E-state index contributed by atoms with van der Waals surface area (Å²) in [6.45, 7) is 0.636. The van der Waals surface area contributed by atoms with Crippen molar-refractivity contribution in [1.82, 2.24) is 35.0 Å². The summed E-state index contributed by atoms with van der Waals surface area (Å²) in [5, 5.41) is 9.97. The molecule has 4 rings (SSSR count). The zero-order valence-corrected chi connectivity index (χ0v) is 15.3. The molecule has 0 saturated heterocycles. The predicted octanol–water partition coefficient (Wildman–Crippen LogP) is 1.58. The molecule has 3 heterocycles. The van der Waals surface area contributed by atoms with Gasteiger partial charge in [-0.15, -0.1) is 0 Å². The summed E-state index contributed by atoms with van der Waals surface area (Å²) in [5.74, 6) is 1.92. The number of nitrogens with zero attached hydrogens (tertiary/aromatic N) is 5. The number of hydrogen-bond donors (Lipinski definition) is 2. The molecule has 0 bridgehead atoms. The second kappa shape index (κ2) is 7.87. The number of benzene rings is 1. The first-order valence-corrected chi connectivity index (χ1v) is 8.80. The number of aromatic nitrogens is 6. The summed E-state index contributed by atoms with van der Waals surface area (Å²) in [7, 11) is 1.61. The van der Waals surface area contributed by atoms with E-state index in [2.05, 4.69) is 30.5 Å². The van der Waals surface area contributed by atoms with E-state index in [0.29, 0.717) is 24.6 Å². The number of hydrogen-bond acceptors (Lipinski definition) is 6. The minimum absolute atomic E-state index is 0.103. The van der Waals surface area contributed by atoms with Crippen molar-refractivity contribution >= 4 is 16.9 Å². The highest BCUT2D eigenvalue weighted by atomic mass is 16.5. The van der Waals surface area contributed by atoms with Gasteiger partial charge in [0.15, 0.2) is 5.82 Å². The lowest BCUT2D eigenvalue weighted by Crippen LogP contribution is -2.29. The molecule has 0 aliphatic carbocycles. The summed E-state index contributed by atoms with van der Waals surface area (Å²) in [5.41, 5.74) is 2.51. The first kappa shape index (κ1) is 17.7. The Bertz CT molecular complexity index is 1090. The molecule has 0 saturated carbocycles. The number of H-pyrrole nitrogens is 1. The van der Waals surface area contributed by atoms with E-state index in [1.54, 1.807) is 30.4 Å². The zero-order chi connectivity index (χ0) is 19.3. The first-order valence-electron chi connectivity index (χ1n) is 8.80. The summed E-state index contributed by atoms with van der Waals surface area (Å²) >= 11 is 0. The molecule has 0 fully saturated rings. The van der Waals surface area contributed by atoms with Crippen molar-refractivity contribution in [1.29, 1.82) is 0 Å². The molecule has 1 amide bonds. The average molecular weight is 377 g/mol. The number of aromatic amines is 1. The van der Waals surface area contributed by atoms with Gasteiger partial charge in [0, 0.05) is 37.0 Å². The van der Waals surface area contributed by atoms with Gasteiger partial charge in [0.2, 0.25) is 5.91 Å². The Labute approximate surface area is 160 Å². The molecule has 0 unspecified atom stereocenters. The zero-order valence-electron chi connectivity index (χ0n) is 15.3. The van der Waals surface area contributed by atoms with E-state index in [0.717, 1.165) is 22.3 Å². The summed E-state index contributed by atoms with van der Waals surface area (Å²) in [6, 6.07) is 9.31. The summed E-state index contributed by atoms with van der Waals surface area (Å²) in [4.78, 5) is 25.1. The Kier molecular flexibility index (Phi) is 4.96. The van der Waals surface area contributed by atoms with Crippen LogP contribution in [0.2, 0.25) is 0 Å². The number of rotatable bonds is 7. The number of nitrogens with one attached hydrogen (secondary N) is 2. The molecule has 9 heteroatoms. The highest BCUT2D eigenvalue weighted by Gasteiger charge is 2.09. The molecule has 3 aromatic heterocycles. The lowest BCUT2D eigenvalue weighted by Gasteiger charge is -2.06. The topological polar surface area (TPSA) is 111 Å². The Morgan fingerprint density at radius 2 is 2.25 bits per heavy atom. The third kappa shape index (κ3) is 3.83. The minimum atomic E-state index is -0.103. The van der Waals surface area contributed by atoms with Crippen LogP contribution in [0.25, 0.3) is 22.4 Å². The number of methoxy groups -OCH3 is 1. The van der Waals surface area contributed by atoms with Crippen LogP contribution < -0.4 is 10.1 Å². The number of carbonyl (C=O) groups excluding carboxylic acids is 1. The number of fused-ring (bicyclic) bond motifs is 1. The molecule has 0 aliphatic rings. The first-order chi connectivity index (χ1) is 13.7. The Hall–Kier alpha value is -3.75. The lowest BCUT2D eigenvalue weighted by atomic mass is 10.3. The van der Waals surface area contributed by atoms with Gasteiger partial charge >= 0.3 is 0 Å². The molecule has 4 aromatic rings. The van der Waals surface area contributed by atoms with Crippen LogP contribution in [0.5, 0.6) is 5.75 Å². The van der Waals surface area contributed by atoms with Gasteiger partial charge in [-0.3, -0.25) is 14.9 Å². The standard InChI is InChI=1S/C19H19N7O2/c1-28-14-4-5-15-16(9-14)26(12-22-15)11-18(27)21-8-6-17-23-19(25-24-17)13-3-2-7-20-10-13/h2-5,7,9-10,12H,6,8,11H2,1H3,(H,21,27)(H,23,24,25). The molecule has 1 aromatic carbocycles. The van der Waals surface area contributed by atoms with E-state index in [9.17, 15) is 4.79 Å². The van der Waals surface area contributed by atoms with E-state index in [4.69, 9.17) is 4.74 Å². The second-order valence-electron chi connectivity index (χ2n) is 6.17. The van der Waals surface area contributed by atoms with Crippen molar-refractivity contribution in [2.24, 2.45) is 0 Å². The fourth-order valence-electron chi connectivity index (χ4n) is 2.85. The Morgan fingerprint density at radius 1 is 1.32 bits per heavy atom. The number of ether oxygens (including phenoxy) is 1. The van der Waals surface area contributed by atoms with E-state index in [-0.39, 0.29) is 12.5 Å². The van der Waals surface area contributed by atoms with E-state index in [1.165, 1.54) is 0 Å². The molecule has 0 aliphatic heterocycles. The fourth-order valence-corrected chi connectivity index (χ4v) is 2.85. The van der Waals surface area contributed by atoms with Crippen molar-refractivity contribution in [2.75, 3.05) is 13.7 Å². The van der Waals surface area contributed by atoms with Gasteiger partial charge in [-0.05, 0) is 24.3 Å². The average Bonchev–Trinajstić information content (AvgIpc) is 3.36. The van der Waals surface area contributed by atoms with E-state index < -0.39 is 0 Å². The molecule has 28 heavy (non-hydrogen) atoms. The van der Waals surface area contributed by atoms with Crippen molar-refractivity contribution in [3.63, 3.8) is 0 Å². The maximum Gasteiger partial charge on any atom is 0.240 e. The van der Waals surface area contributed by atoms with Gasteiger partial charge in [0.25, 0.3) is 0 Å². The smallest absolute Gasteiger partial charge is 0.240 e. The van der Waals surface area contributed by atoms with E-state index in [1.807, 2.05) is 30.3 Å². The van der Waals surface area contributed by atoms with Crippen molar-refractivity contribution < 1.29 is 9.53 Å². The highest BCUT2D eigenvalue weighted by Crippen LogP contribution is 2.19. The van der Waals surface area contributed by atoms with Crippen LogP contribution in [0.3, 0.4) is 0 Å². The van der Waals surface area contributed by atoms with Gasteiger partial charge in [0.1, 0.15) is 18.1 Å². The maximum absolute atomic E-state index is 12.3. The fraction of sp³-hybridized carbons (Fsp3) is 0.211. The largest absolute Gasteiger partial charge is 0.497 e. The van der Waals surface area contributed by atoms with Crippen LogP contribution >= 0.6 is 0 Å². The predicted molar refractivity (Wildman–Crippen MR) is 103 cm³/mol. The van der Waals surface area contributed by atoms with Crippen molar-refractivity contribution in [3.8, 4) is 17.1 Å². The van der Waals surface area contributed by atoms with Crippen LogP contribution in [-0.2, 0) is 17.8 Å². The van der Waals surface area contributed by atoms with Gasteiger partial charge in [-0.1, -0.05) is 0 Å². The third-order valence-corrected chi connectivity index (χ3v) is 4.28. The molecule has 2 N–H and O–H groups in total. The number of amides is 1. The molecule has 0 radical (unpaired) electrons. The summed E-state index contributed by atoms with van der Waals surface area (Å²) < 4.78 is 7.03. The monoisotopic (exact) mass is 377 g/mol. The van der Waals surface area contributed by atoms with Crippen LogP contribution in [0.1, 0.15) is 5.82 Å². The Morgan fingerprint density at radius 3 is 3.07 bits per heavy atom. The van der Waals surface area contributed by atoms with Gasteiger partial charge in [-0.25, -0.2) is 9.97 Å². The van der Waals surface area contributed by atoms with Crippen LogP contribution in [-0.4, -0.2) is 49.3 Å². The quantitative estimate of drug-likeness (QED) is 0.506. The van der Waals surface area contributed by atoms with Gasteiger partial charge in [-0.2, -0.15) is 5.10 Å². The molecular weight excluding hydrogens is 358 g/mol.